The lowest BCUT2D eigenvalue weighted by molar-refractivity contribution is 0.251. The van der Waals surface area contributed by atoms with E-state index < -0.39 is 0 Å². The molecular weight excluding hydrogens is 348 g/mol. The van der Waals surface area contributed by atoms with Crippen LogP contribution in [0.4, 0.5) is 10.5 Å². The average molecular weight is 367 g/mol. The molecule has 7 heteroatoms. The lowest BCUT2D eigenvalue weighted by Crippen LogP contribution is -2.35. The maximum atomic E-state index is 11.9. The minimum Gasteiger partial charge on any atom is -0.429 e. The molecule has 0 spiro atoms. The summed E-state index contributed by atoms with van der Waals surface area (Å²) in [6.07, 6.45) is 1.50. The Hall–Kier alpha value is -1.44. The zero-order valence-electron chi connectivity index (χ0n) is 12.3. The van der Waals surface area contributed by atoms with Crippen molar-refractivity contribution in [3.05, 3.63) is 54.1 Å². The van der Waals surface area contributed by atoms with Gasteiger partial charge in [0.15, 0.2) is 0 Å². The molecule has 0 aliphatic rings. The number of carbonyl (C=O) groups excluding carboxylic acids is 1. The van der Waals surface area contributed by atoms with Crippen LogP contribution in [0.3, 0.4) is 0 Å². The van der Waals surface area contributed by atoms with Crippen LogP contribution < -0.4 is 14.8 Å². The maximum absolute atomic E-state index is 11.9. The van der Waals surface area contributed by atoms with Crippen LogP contribution in [0.5, 0.6) is 5.75 Å². The van der Waals surface area contributed by atoms with Crippen LogP contribution in [0.15, 0.2) is 53.4 Å². The monoisotopic (exact) mass is 366 g/mol. The summed E-state index contributed by atoms with van der Waals surface area (Å²) < 4.78 is 4.82. The van der Waals surface area contributed by atoms with Gasteiger partial charge in [-0.15, -0.1) is 12.6 Å². The topological polar surface area (TPSA) is 50.4 Å². The fourth-order valence-corrected chi connectivity index (χ4v) is 2.57. The Morgan fingerprint density at radius 2 is 1.83 bits per heavy atom. The van der Waals surface area contributed by atoms with E-state index >= 15 is 0 Å². The lowest BCUT2D eigenvalue weighted by Gasteiger charge is -2.14. The molecular formula is C16H18N2O2S3. The quantitative estimate of drug-likeness (QED) is 0.302. The Morgan fingerprint density at radius 3 is 2.48 bits per heavy atom. The summed E-state index contributed by atoms with van der Waals surface area (Å²) in [7, 11) is 0. The minimum absolute atomic E-state index is 0.247. The predicted molar refractivity (Wildman–Crippen MR) is 103 cm³/mol. The van der Waals surface area contributed by atoms with Crippen molar-refractivity contribution in [1.82, 2.24) is 5.32 Å². The maximum Gasteiger partial charge on any atom is 0.320 e. The molecule has 1 atom stereocenters. The van der Waals surface area contributed by atoms with Crippen molar-refractivity contribution in [2.75, 3.05) is 5.32 Å². The van der Waals surface area contributed by atoms with Crippen LogP contribution in [-0.4, -0.2) is 11.4 Å². The highest BCUT2D eigenvalue weighted by Gasteiger charge is 2.09. The van der Waals surface area contributed by atoms with E-state index in [0.29, 0.717) is 22.8 Å². The lowest BCUT2D eigenvalue weighted by atomic mass is 10.1. The Balaban J connectivity index is 1.78. The van der Waals surface area contributed by atoms with E-state index in [-0.39, 0.29) is 11.4 Å². The fourth-order valence-electron chi connectivity index (χ4n) is 1.98. The van der Waals surface area contributed by atoms with Crippen molar-refractivity contribution in [1.29, 1.82) is 0 Å². The highest BCUT2D eigenvalue weighted by atomic mass is 32.1. The standard InChI is InChI=1S/C16H18N2O2S3/c19-16(17-13-3-1-2-4-14(13)21)18-15(22)10-7-11-5-8-12(20-23)9-6-11/h1-6,8-9,15,21-23H,7,10H2,(H2,17,18,19). The zero-order valence-corrected chi connectivity index (χ0v) is 15.0. The average Bonchev–Trinajstić information content (AvgIpc) is 2.55. The molecule has 0 saturated heterocycles. The number of carbonyl (C=O) groups is 1. The molecule has 1 unspecified atom stereocenters. The first-order valence-corrected chi connectivity index (χ1v) is 8.35. The van der Waals surface area contributed by atoms with E-state index in [4.69, 9.17) is 4.18 Å². The second kappa shape index (κ2) is 9.00. The number of amides is 2. The number of hydrogen-bond acceptors (Lipinski definition) is 5. The number of aryl methyl sites for hydroxylation is 1. The van der Waals surface area contributed by atoms with E-state index in [1.165, 1.54) is 0 Å². The molecule has 0 aliphatic heterocycles. The summed E-state index contributed by atoms with van der Waals surface area (Å²) >= 11 is 12.4. The van der Waals surface area contributed by atoms with Crippen LogP contribution in [-0.2, 0) is 6.42 Å². The van der Waals surface area contributed by atoms with Gasteiger partial charge in [-0.2, -0.15) is 12.6 Å². The first-order valence-electron chi connectivity index (χ1n) is 7.02. The van der Waals surface area contributed by atoms with Crippen LogP contribution in [0.25, 0.3) is 0 Å². The predicted octanol–water partition coefficient (Wildman–Crippen LogP) is 4.21. The molecule has 0 fully saturated rings. The van der Waals surface area contributed by atoms with Crippen LogP contribution in [0.1, 0.15) is 12.0 Å². The van der Waals surface area contributed by atoms with Gasteiger partial charge in [0.05, 0.1) is 11.1 Å². The number of hydrogen-bond donors (Lipinski definition) is 5. The van der Waals surface area contributed by atoms with E-state index in [1.807, 2.05) is 42.5 Å². The molecule has 0 aromatic heterocycles. The van der Waals surface area contributed by atoms with Gasteiger partial charge < -0.3 is 14.8 Å². The Bertz CT molecular complexity index is 650. The fraction of sp³-hybridized carbons (Fsp3) is 0.188. The number of nitrogens with one attached hydrogen (secondary N) is 2. The SMILES string of the molecule is O=C(Nc1ccccc1S)NC(S)CCc1ccc(OS)cc1. The summed E-state index contributed by atoms with van der Waals surface area (Å²) in [5.41, 5.74) is 1.80. The molecule has 0 radical (unpaired) electrons. The molecule has 23 heavy (non-hydrogen) atoms. The number of rotatable bonds is 6. The van der Waals surface area contributed by atoms with Gasteiger partial charge in [-0.05, 0) is 42.7 Å². The van der Waals surface area contributed by atoms with Crippen molar-refractivity contribution in [2.24, 2.45) is 0 Å². The number of anilines is 1. The number of thiol groups is 3. The summed E-state index contributed by atoms with van der Waals surface area (Å²) in [5, 5.41) is 5.30. The second-order valence-corrected chi connectivity index (χ2v) is 6.19. The molecule has 2 amide bonds. The highest BCUT2D eigenvalue weighted by molar-refractivity contribution is 7.81. The van der Waals surface area contributed by atoms with Crippen molar-refractivity contribution in [3.63, 3.8) is 0 Å². The Labute approximate surface area is 152 Å². The largest absolute Gasteiger partial charge is 0.429 e. The first-order chi connectivity index (χ1) is 11.1. The third kappa shape index (κ3) is 5.93. The van der Waals surface area contributed by atoms with Gasteiger partial charge in [0.1, 0.15) is 5.75 Å². The molecule has 2 rings (SSSR count). The number of benzene rings is 2. The molecule has 0 aliphatic carbocycles. The summed E-state index contributed by atoms with van der Waals surface area (Å²) in [6.45, 7) is 0. The third-order valence-electron chi connectivity index (χ3n) is 3.19. The summed E-state index contributed by atoms with van der Waals surface area (Å²) in [5.74, 6) is 0.697. The van der Waals surface area contributed by atoms with Gasteiger partial charge in [-0.1, -0.05) is 24.3 Å². The van der Waals surface area contributed by atoms with Gasteiger partial charge in [0.25, 0.3) is 0 Å². The van der Waals surface area contributed by atoms with Crippen LogP contribution in [0.2, 0.25) is 0 Å². The minimum atomic E-state index is -0.301. The third-order valence-corrected chi connectivity index (χ3v) is 4.17. The van der Waals surface area contributed by atoms with E-state index in [0.717, 1.165) is 12.0 Å². The van der Waals surface area contributed by atoms with E-state index in [9.17, 15) is 4.79 Å². The second-order valence-electron chi connectivity index (χ2n) is 4.91. The molecule has 0 saturated carbocycles. The molecule has 0 bridgehead atoms. The normalized spacial score (nSPS) is 11.6. The smallest absolute Gasteiger partial charge is 0.320 e. The molecule has 4 nitrogen and oxygen atoms in total. The molecule has 2 aromatic rings. The van der Waals surface area contributed by atoms with Gasteiger partial charge in [-0.25, -0.2) is 4.79 Å². The van der Waals surface area contributed by atoms with Crippen molar-refractivity contribution >= 4 is 49.9 Å². The van der Waals surface area contributed by atoms with Crippen LogP contribution in [0, 0.1) is 0 Å². The Morgan fingerprint density at radius 1 is 1.13 bits per heavy atom. The highest BCUT2D eigenvalue weighted by Crippen LogP contribution is 2.18. The molecule has 122 valence electrons. The van der Waals surface area contributed by atoms with Gasteiger partial charge in [-0.3, -0.25) is 0 Å². The zero-order chi connectivity index (χ0) is 16.7. The molecule has 2 N–H and O–H groups in total. The number of para-hydroxylation sites is 1. The van der Waals surface area contributed by atoms with Crippen LogP contribution >= 0.6 is 38.2 Å². The number of urea groups is 1. The van der Waals surface area contributed by atoms with Gasteiger partial charge >= 0.3 is 6.03 Å². The van der Waals surface area contributed by atoms with Gasteiger partial charge in [0.2, 0.25) is 0 Å². The first kappa shape index (κ1) is 17.9. The Kier molecular flexibility index (Phi) is 7.01. The van der Waals surface area contributed by atoms with E-state index in [1.54, 1.807) is 6.07 Å². The summed E-state index contributed by atoms with van der Waals surface area (Å²) in [6, 6.07) is 14.6. The molecule has 2 aromatic carbocycles. The molecule has 0 heterocycles. The van der Waals surface area contributed by atoms with E-state index in [2.05, 4.69) is 48.8 Å². The van der Waals surface area contributed by atoms with Crippen molar-refractivity contribution in [3.8, 4) is 5.75 Å². The van der Waals surface area contributed by atoms with Crippen molar-refractivity contribution in [2.45, 2.75) is 23.1 Å². The van der Waals surface area contributed by atoms with Gasteiger partial charge in [0, 0.05) is 17.8 Å². The van der Waals surface area contributed by atoms with Crippen molar-refractivity contribution < 1.29 is 8.98 Å². The summed E-state index contributed by atoms with van der Waals surface area (Å²) in [4.78, 5) is 12.7.